The maximum absolute atomic E-state index is 13.8. The number of benzene rings is 3. The number of carbonyl (C=O) groups excluding carboxylic acids is 1. The lowest BCUT2D eigenvalue weighted by Crippen LogP contribution is -2.28. The van der Waals surface area contributed by atoms with E-state index < -0.39 is 25.8 Å². The average Bonchev–Trinajstić information content (AvgIpc) is 3.25. The fourth-order valence-electron chi connectivity index (χ4n) is 4.33. The van der Waals surface area contributed by atoms with Crippen LogP contribution in [0.15, 0.2) is 75.4 Å². The highest BCUT2D eigenvalue weighted by molar-refractivity contribution is 7.91. The molecule has 0 aliphatic carbocycles. The van der Waals surface area contributed by atoms with Crippen molar-refractivity contribution in [2.24, 2.45) is 0 Å². The van der Waals surface area contributed by atoms with Gasteiger partial charge in [0.15, 0.2) is 0 Å². The molecular formula is C28H30ClN3O5S2. The number of fused-ring (bicyclic) bond motifs is 1. The van der Waals surface area contributed by atoms with Crippen LogP contribution in [0.5, 0.6) is 0 Å². The molecule has 0 bridgehead atoms. The van der Waals surface area contributed by atoms with Crippen molar-refractivity contribution in [1.82, 2.24) is 15.0 Å². The Balaban J connectivity index is 1.48. The van der Waals surface area contributed by atoms with Gasteiger partial charge in [0.25, 0.3) is 5.91 Å². The fraction of sp³-hybridized carbons (Fsp3) is 0.250. The summed E-state index contributed by atoms with van der Waals surface area (Å²) < 4.78 is 55.0. The number of H-pyrrole nitrogens is 1. The molecule has 1 heterocycles. The van der Waals surface area contributed by atoms with Crippen molar-refractivity contribution in [2.75, 3.05) is 13.1 Å². The number of rotatable bonds is 10. The predicted molar refractivity (Wildman–Crippen MR) is 153 cm³/mol. The molecule has 0 radical (unpaired) electrons. The van der Waals surface area contributed by atoms with E-state index in [4.69, 9.17) is 11.6 Å². The lowest BCUT2D eigenvalue weighted by Gasteiger charge is -2.10. The van der Waals surface area contributed by atoms with Gasteiger partial charge in [0.2, 0.25) is 19.9 Å². The van der Waals surface area contributed by atoms with Crippen molar-refractivity contribution in [1.29, 1.82) is 0 Å². The van der Waals surface area contributed by atoms with Crippen LogP contribution in [-0.2, 0) is 19.9 Å². The largest absolute Gasteiger partial charge is 0.351 e. The van der Waals surface area contributed by atoms with Crippen LogP contribution in [0, 0.1) is 20.8 Å². The molecule has 8 nitrogen and oxygen atoms in total. The van der Waals surface area contributed by atoms with E-state index >= 15 is 0 Å². The molecule has 3 N–H and O–H groups in total. The molecule has 4 rings (SSSR count). The zero-order valence-electron chi connectivity index (χ0n) is 21.8. The first-order valence-electron chi connectivity index (χ1n) is 12.4. The average molecular weight is 588 g/mol. The van der Waals surface area contributed by atoms with Crippen LogP contribution < -0.4 is 10.0 Å². The Labute approximate surface area is 233 Å². The molecule has 4 aromatic rings. The third-order valence-corrected chi connectivity index (χ3v) is 9.76. The summed E-state index contributed by atoms with van der Waals surface area (Å²) in [7, 11) is -7.69. The van der Waals surface area contributed by atoms with Gasteiger partial charge in [-0.1, -0.05) is 35.4 Å². The monoisotopic (exact) mass is 587 g/mol. The molecule has 3 aromatic carbocycles. The lowest BCUT2D eigenvalue weighted by atomic mass is 10.2. The first-order chi connectivity index (χ1) is 18.4. The Bertz CT molecular complexity index is 1730. The highest BCUT2D eigenvalue weighted by Gasteiger charge is 2.30. The first-order valence-corrected chi connectivity index (χ1v) is 15.7. The smallest absolute Gasteiger partial charge is 0.269 e. The van der Waals surface area contributed by atoms with Crippen molar-refractivity contribution in [2.45, 2.75) is 48.3 Å². The quantitative estimate of drug-likeness (QED) is 0.223. The predicted octanol–water partition coefficient (Wildman–Crippen LogP) is 5.07. The lowest BCUT2D eigenvalue weighted by molar-refractivity contribution is 0.0945. The van der Waals surface area contributed by atoms with Crippen LogP contribution in [0.4, 0.5) is 0 Å². The summed E-state index contributed by atoms with van der Waals surface area (Å²) in [4.78, 5) is 16.3. The standard InChI is InChI=1S/C28H30ClN3O5S2/c1-18-6-9-22(10-7-18)39(36,37)31-13-5-4-12-30-28(33)26-27(24-17-21(29)8-11-25(24)32-26)38(34,35)23-15-19(2)14-20(3)16-23/h6-11,14-17,31-32H,4-5,12-13H2,1-3H3,(H,30,33). The molecule has 0 fully saturated rings. The van der Waals surface area contributed by atoms with Gasteiger partial charge in [-0.3, -0.25) is 4.79 Å². The normalized spacial score (nSPS) is 12.1. The molecule has 0 aliphatic heterocycles. The maximum atomic E-state index is 13.8. The summed E-state index contributed by atoms with van der Waals surface area (Å²) >= 11 is 6.18. The van der Waals surface area contributed by atoms with Crippen molar-refractivity contribution < 1.29 is 21.6 Å². The van der Waals surface area contributed by atoms with Gasteiger partial charge in [-0.25, -0.2) is 21.6 Å². The SMILES string of the molecule is Cc1ccc(S(=O)(=O)NCCCCNC(=O)c2[nH]c3ccc(Cl)cc3c2S(=O)(=O)c2cc(C)cc(C)c2)cc1. The second-order valence-electron chi connectivity index (χ2n) is 9.52. The van der Waals surface area contributed by atoms with Crippen LogP contribution in [0.2, 0.25) is 5.02 Å². The topological polar surface area (TPSA) is 125 Å². The molecule has 0 atom stereocenters. The van der Waals surface area contributed by atoms with E-state index in [9.17, 15) is 21.6 Å². The maximum Gasteiger partial charge on any atom is 0.269 e. The molecule has 11 heteroatoms. The van der Waals surface area contributed by atoms with Crippen LogP contribution in [0.1, 0.15) is 40.0 Å². The van der Waals surface area contributed by atoms with Gasteiger partial charge in [-0.2, -0.15) is 0 Å². The molecule has 1 amide bonds. The summed E-state index contributed by atoms with van der Waals surface area (Å²) in [5.41, 5.74) is 2.93. The van der Waals surface area contributed by atoms with Crippen molar-refractivity contribution >= 4 is 48.3 Å². The van der Waals surface area contributed by atoms with Crippen LogP contribution in [-0.4, -0.2) is 40.8 Å². The van der Waals surface area contributed by atoms with E-state index in [0.717, 1.165) is 16.7 Å². The van der Waals surface area contributed by atoms with Crippen LogP contribution in [0.3, 0.4) is 0 Å². The van der Waals surface area contributed by atoms with Crippen molar-refractivity contribution in [3.8, 4) is 0 Å². The van der Waals surface area contributed by atoms with Crippen LogP contribution in [0.25, 0.3) is 10.9 Å². The summed E-state index contributed by atoms with van der Waals surface area (Å²) in [6.45, 7) is 5.93. The van der Waals surface area contributed by atoms with Gasteiger partial charge < -0.3 is 10.3 Å². The molecule has 0 aliphatic rings. The number of amides is 1. The zero-order valence-corrected chi connectivity index (χ0v) is 24.2. The number of unbranched alkanes of at least 4 members (excludes halogenated alkanes) is 1. The van der Waals surface area contributed by atoms with Crippen LogP contribution >= 0.6 is 11.6 Å². The Kier molecular flexibility index (Phi) is 8.51. The van der Waals surface area contributed by atoms with Gasteiger partial charge in [-0.15, -0.1) is 0 Å². The zero-order chi connectivity index (χ0) is 28.4. The Hall–Kier alpha value is -3.18. The van der Waals surface area contributed by atoms with E-state index in [0.29, 0.717) is 28.8 Å². The second-order valence-corrected chi connectivity index (χ2v) is 13.6. The highest BCUT2D eigenvalue weighted by atomic mass is 35.5. The third-order valence-electron chi connectivity index (χ3n) is 6.23. The first kappa shape index (κ1) is 28.8. The van der Waals surface area contributed by atoms with Gasteiger partial charge in [0, 0.05) is 29.0 Å². The van der Waals surface area contributed by atoms with E-state index in [-0.39, 0.29) is 33.5 Å². The minimum absolute atomic E-state index is 0.0773. The summed E-state index contributed by atoms with van der Waals surface area (Å²) in [6.07, 6.45) is 0.953. The Morgan fingerprint density at radius 1 is 0.795 bits per heavy atom. The van der Waals surface area contributed by atoms with Crippen molar-refractivity contribution in [3.63, 3.8) is 0 Å². The van der Waals surface area contributed by atoms with Crippen molar-refractivity contribution in [3.05, 3.63) is 88.1 Å². The molecule has 1 aromatic heterocycles. The number of sulfonamides is 1. The molecule has 0 spiro atoms. The van der Waals surface area contributed by atoms with E-state index in [1.807, 2.05) is 26.8 Å². The highest BCUT2D eigenvalue weighted by Crippen LogP contribution is 2.34. The number of aromatic nitrogens is 1. The molecule has 206 valence electrons. The minimum atomic E-state index is -4.07. The number of carbonyl (C=O) groups is 1. The number of sulfone groups is 1. The van der Waals surface area contributed by atoms with Gasteiger partial charge in [0.1, 0.15) is 10.6 Å². The Morgan fingerprint density at radius 2 is 1.44 bits per heavy atom. The van der Waals surface area contributed by atoms with Gasteiger partial charge in [0.05, 0.1) is 9.79 Å². The minimum Gasteiger partial charge on any atom is -0.351 e. The molecule has 39 heavy (non-hydrogen) atoms. The number of hydrogen-bond donors (Lipinski definition) is 3. The molecule has 0 saturated carbocycles. The summed E-state index contributed by atoms with van der Waals surface area (Å²) in [5.74, 6) is -0.578. The van der Waals surface area contributed by atoms with E-state index in [1.54, 1.807) is 48.5 Å². The number of hydrogen-bond acceptors (Lipinski definition) is 5. The second kappa shape index (κ2) is 11.5. The van der Waals surface area contributed by atoms with E-state index in [2.05, 4.69) is 15.0 Å². The number of aryl methyl sites for hydroxylation is 3. The summed E-state index contributed by atoms with van der Waals surface area (Å²) in [6, 6.07) is 16.4. The Morgan fingerprint density at radius 3 is 2.10 bits per heavy atom. The number of aromatic amines is 1. The van der Waals surface area contributed by atoms with E-state index in [1.165, 1.54) is 6.07 Å². The van der Waals surface area contributed by atoms with Gasteiger partial charge in [-0.05, 0) is 87.2 Å². The number of nitrogens with one attached hydrogen (secondary N) is 3. The van der Waals surface area contributed by atoms with Gasteiger partial charge >= 0.3 is 0 Å². The molecular weight excluding hydrogens is 558 g/mol. The number of halogens is 1. The molecule has 0 saturated heterocycles. The summed E-state index contributed by atoms with van der Waals surface area (Å²) in [5, 5.41) is 3.43. The third kappa shape index (κ3) is 6.52. The fourth-order valence-corrected chi connectivity index (χ4v) is 7.37. The molecule has 0 unspecified atom stereocenters.